The lowest BCUT2D eigenvalue weighted by Crippen LogP contribution is -2.40. The Morgan fingerprint density at radius 3 is 1.92 bits per heavy atom. The van der Waals surface area contributed by atoms with Crippen molar-refractivity contribution in [1.29, 1.82) is 0 Å². The summed E-state index contributed by atoms with van der Waals surface area (Å²) in [6.07, 6.45) is 0. The molecule has 1 heterocycles. The van der Waals surface area contributed by atoms with E-state index in [1.165, 1.54) is 28.6 Å². The summed E-state index contributed by atoms with van der Waals surface area (Å²) in [6, 6.07) is 12.0. The predicted molar refractivity (Wildman–Crippen MR) is 93.4 cm³/mol. The Kier molecular flexibility index (Phi) is 6.08. The molecule has 0 N–H and O–H groups in total. The molecule has 3 rings (SSSR count). The summed E-state index contributed by atoms with van der Waals surface area (Å²) >= 11 is 0. The third kappa shape index (κ3) is 4.72. The van der Waals surface area contributed by atoms with E-state index in [0.29, 0.717) is 44.4 Å². The van der Waals surface area contributed by atoms with Gasteiger partial charge in [0.05, 0.1) is 18.1 Å². The van der Waals surface area contributed by atoms with Crippen LogP contribution in [-0.4, -0.2) is 52.2 Å². The first-order chi connectivity index (χ1) is 12.6. The molecule has 0 spiro atoms. The first kappa shape index (κ1) is 18.6. The van der Waals surface area contributed by atoms with E-state index >= 15 is 0 Å². The molecule has 1 aliphatic rings. The van der Waals surface area contributed by atoms with Gasteiger partial charge in [-0.2, -0.15) is 4.31 Å². The van der Waals surface area contributed by atoms with Crippen LogP contribution in [0.4, 0.5) is 4.39 Å². The van der Waals surface area contributed by atoms with Crippen molar-refractivity contribution in [3.05, 3.63) is 54.3 Å². The van der Waals surface area contributed by atoms with E-state index < -0.39 is 10.0 Å². The molecule has 0 amide bonds. The van der Waals surface area contributed by atoms with Gasteiger partial charge in [-0.25, -0.2) is 12.8 Å². The fraction of sp³-hybridized carbons (Fsp3) is 0.333. The standard InChI is InChI=1S/C18H20FNO5S/c19-15-1-3-16(4-2-15)24-13-14-25-17-5-7-18(8-6-17)26(21,22)20-9-11-23-12-10-20/h1-8H,9-14H2. The van der Waals surface area contributed by atoms with Gasteiger partial charge in [-0.15, -0.1) is 0 Å². The second-order valence-corrected chi connectivity index (χ2v) is 7.58. The smallest absolute Gasteiger partial charge is 0.243 e. The van der Waals surface area contributed by atoms with Crippen molar-refractivity contribution >= 4 is 10.0 Å². The van der Waals surface area contributed by atoms with Gasteiger partial charge in [0.15, 0.2) is 0 Å². The summed E-state index contributed by atoms with van der Waals surface area (Å²) < 4.78 is 55.4. The SMILES string of the molecule is O=S(=O)(c1ccc(OCCOc2ccc(F)cc2)cc1)N1CCOCC1. The molecular weight excluding hydrogens is 361 g/mol. The highest BCUT2D eigenvalue weighted by molar-refractivity contribution is 7.89. The van der Waals surface area contributed by atoms with Crippen molar-refractivity contribution in [3.8, 4) is 11.5 Å². The fourth-order valence-corrected chi connectivity index (χ4v) is 3.90. The van der Waals surface area contributed by atoms with Crippen molar-refractivity contribution in [3.63, 3.8) is 0 Å². The average molecular weight is 381 g/mol. The number of ether oxygens (including phenoxy) is 3. The van der Waals surface area contributed by atoms with Gasteiger partial charge >= 0.3 is 0 Å². The van der Waals surface area contributed by atoms with Gasteiger partial charge in [0.25, 0.3) is 0 Å². The summed E-state index contributed by atoms with van der Waals surface area (Å²) in [7, 11) is -3.50. The Morgan fingerprint density at radius 2 is 1.38 bits per heavy atom. The van der Waals surface area contributed by atoms with Gasteiger partial charge in [-0.1, -0.05) is 0 Å². The molecule has 0 atom stereocenters. The van der Waals surface area contributed by atoms with E-state index in [9.17, 15) is 12.8 Å². The van der Waals surface area contributed by atoms with Crippen molar-refractivity contribution in [2.75, 3.05) is 39.5 Å². The van der Waals surface area contributed by atoms with Crippen LogP contribution in [0.15, 0.2) is 53.4 Å². The van der Waals surface area contributed by atoms with Gasteiger partial charge in [-0.3, -0.25) is 0 Å². The predicted octanol–water partition coefficient (Wildman–Crippen LogP) is 2.30. The van der Waals surface area contributed by atoms with Crippen LogP contribution in [0.5, 0.6) is 11.5 Å². The van der Waals surface area contributed by atoms with Crippen LogP contribution in [0.1, 0.15) is 0 Å². The second kappa shape index (κ2) is 8.48. The maximum absolute atomic E-state index is 12.8. The molecule has 0 aromatic heterocycles. The molecular formula is C18H20FNO5S. The largest absolute Gasteiger partial charge is 0.490 e. The van der Waals surface area contributed by atoms with Gasteiger partial charge in [-0.05, 0) is 48.5 Å². The lowest BCUT2D eigenvalue weighted by atomic mass is 10.3. The molecule has 26 heavy (non-hydrogen) atoms. The van der Waals surface area contributed by atoms with Crippen LogP contribution in [0, 0.1) is 5.82 Å². The zero-order valence-corrected chi connectivity index (χ0v) is 15.0. The highest BCUT2D eigenvalue weighted by atomic mass is 32.2. The highest BCUT2D eigenvalue weighted by Crippen LogP contribution is 2.20. The Morgan fingerprint density at radius 1 is 0.885 bits per heavy atom. The van der Waals surface area contributed by atoms with E-state index in [4.69, 9.17) is 14.2 Å². The van der Waals surface area contributed by atoms with E-state index in [1.807, 2.05) is 0 Å². The van der Waals surface area contributed by atoms with E-state index in [2.05, 4.69) is 0 Å². The Bertz CT molecular complexity index is 802. The number of sulfonamides is 1. The number of hydrogen-bond acceptors (Lipinski definition) is 5. The summed E-state index contributed by atoms with van der Waals surface area (Å²) in [4.78, 5) is 0.231. The van der Waals surface area contributed by atoms with Crippen LogP contribution in [0.3, 0.4) is 0 Å². The number of rotatable bonds is 7. The lowest BCUT2D eigenvalue weighted by molar-refractivity contribution is 0.0730. The fourth-order valence-electron chi connectivity index (χ4n) is 2.49. The van der Waals surface area contributed by atoms with Crippen LogP contribution in [0.25, 0.3) is 0 Å². The van der Waals surface area contributed by atoms with Crippen LogP contribution < -0.4 is 9.47 Å². The van der Waals surface area contributed by atoms with E-state index in [0.717, 1.165) is 0 Å². The summed E-state index contributed by atoms with van der Waals surface area (Å²) in [5.74, 6) is 0.788. The molecule has 1 fully saturated rings. The molecule has 0 unspecified atom stereocenters. The van der Waals surface area contributed by atoms with Gasteiger partial charge in [0.1, 0.15) is 30.5 Å². The highest BCUT2D eigenvalue weighted by Gasteiger charge is 2.26. The molecule has 1 saturated heterocycles. The zero-order chi connectivity index (χ0) is 18.4. The molecule has 8 heteroatoms. The number of morpholine rings is 1. The first-order valence-electron chi connectivity index (χ1n) is 8.25. The number of benzene rings is 2. The molecule has 1 aliphatic heterocycles. The monoisotopic (exact) mass is 381 g/mol. The maximum atomic E-state index is 12.8. The molecule has 0 saturated carbocycles. The molecule has 0 radical (unpaired) electrons. The molecule has 140 valence electrons. The maximum Gasteiger partial charge on any atom is 0.243 e. The van der Waals surface area contributed by atoms with Crippen LogP contribution >= 0.6 is 0 Å². The van der Waals surface area contributed by atoms with E-state index in [-0.39, 0.29) is 17.3 Å². The molecule has 2 aromatic carbocycles. The minimum absolute atomic E-state index is 0.231. The molecule has 0 bridgehead atoms. The normalized spacial score (nSPS) is 15.6. The van der Waals surface area contributed by atoms with Crippen LogP contribution in [0.2, 0.25) is 0 Å². The first-order valence-corrected chi connectivity index (χ1v) is 9.69. The Hall–Kier alpha value is -2.16. The van der Waals surface area contributed by atoms with Crippen molar-refractivity contribution in [2.24, 2.45) is 0 Å². The van der Waals surface area contributed by atoms with Crippen molar-refractivity contribution in [1.82, 2.24) is 4.31 Å². The average Bonchev–Trinajstić information content (AvgIpc) is 2.68. The second-order valence-electron chi connectivity index (χ2n) is 5.64. The third-order valence-electron chi connectivity index (χ3n) is 3.87. The zero-order valence-electron chi connectivity index (χ0n) is 14.1. The summed E-state index contributed by atoms with van der Waals surface area (Å²) in [5, 5.41) is 0. The number of hydrogen-bond donors (Lipinski definition) is 0. The summed E-state index contributed by atoms with van der Waals surface area (Å²) in [6.45, 7) is 2.12. The number of halogens is 1. The minimum atomic E-state index is -3.50. The number of nitrogens with zero attached hydrogens (tertiary/aromatic N) is 1. The lowest BCUT2D eigenvalue weighted by Gasteiger charge is -2.26. The molecule has 6 nitrogen and oxygen atoms in total. The molecule has 0 aliphatic carbocycles. The quantitative estimate of drug-likeness (QED) is 0.689. The molecule has 2 aromatic rings. The van der Waals surface area contributed by atoms with Crippen LogP contribution in [-0.2, 0) is 14.8 Å². The Balaban J connectivity index is 1.50. The summed E-state index contributed by atoms with van der Waals surface area (Å²) in [5.41, 5.74) is 0. The van der Waals surface area contributed by atoms with Gasteiger partial charge in [0.2, 0.25) is 10.0 Å². The van der Waals surface area contributed by atoms with E-state index in [1.54, 1.807) is 24.3 Å². The van der Waals surface area contributed by atoms with Crippen molar-refractivity contribution < 1.29 is 27.0 Å². The van der Waals surface area contributed by atoms with Gasteiger partial charge < -0.3 is 14.2 Å². The van der Waals surface area contributed by atoms with Crippen molar-refractivity contribution in [2.45, 2.75) is 4.90 Å². The van der Waals surface area contributed by atoms with Gasteiger partial charge in [0, 0.05) is 13.1 Å². The Labute approximate surface area is 152 Å². The topological polar surface area (TPSA) is 65.1 Å². The third-order valence-corrected chi connectivity index (χ3v) is 5.78. The minimum Gasteiger partial charge on any atom is -0.490 e.